The van der Waals surface area contributed by atoms with Gasteiger partial charge in [0.2, 0.25) is 0 Å². The van der Waals surface area contributed by atoms with E-state index in [1.807, 2.05) is 45.3 Å². The van der Waals surface area contributed by atoms with Crippen molar-refractivity contribution < 1.29 is 9.84 Å². The molecule has 6 heteroatoms. The maximum atomic E-state index is 10.1. The van der Waals surface area contributed by atoms with Gasteiger partial charge in [0.25, 0.3) is 0 Å². The number of benzene rings is 1. The van der Waals surface area contributed by atoms with Crippen LogP contribution in [0.2, 0.25) is 0 Å². The molecule has 0 aliphatic rings. The number of aromatic hydroxyl groups is 1. The molecular formula is C20H27NO2S3. The van der Waals surface area contributed by atoms with Gasteiger partial charge >= 0.3 is 0 Å². The van der Waals surface area contributed by atoms with Gasteiger partial charge in [-0.25, -0.2) is 0 Å². The van der Waals surface area contributed by atoms with Crippen LogP contribution in [0.15, 0.2) is 34.6 Å². The fraction of sp³-hybridized carbons (Fsp3) is 0.450. The first kappa shape index (κ1) is 21.2. The first-order chi connectivity index (χ1) is 12.4. The van der Waals surface area contributed by atoms with Crippen LogP contribution in [0.5, 0.6) is 11.5 Å². The predicted octanol–water partition coefficient (Wildman–Crippen LogP) is 6.37. The van der Waals surface area contributed by atoms with E-state index in [0.29, 0.717) is 11.2 Å². The van der Waals surface area contributed by atoms with Crippen LogP contribution in [0.3, 0.4) is 0 Å². The molecule has 1 aromatic carbocycles. The molecule has 2 aromatic rings. The second-order valence-electron chi connectivity index (χ2n) is 7.08. The van der Waals surface area contributed by atoms with Crippen molar-refractivity contribution in [1.82, 2.24) is 0 Å². The number of nitrogens with zero attached hydrogens (tertiary/aromatic N) is 1. The minimum absolute atomic E-state index is 0.140. The van der Waals surface area contributed by atoms with Crippen molar-refractivity contribution in [3.63, 3.8) is 0 Å². The molecule has 2 rings (SSSR count). The summed E-state index contributed by atoms with van der Waals surface area (Å²) in [6.07, 6.45) is 3.08. The average Bonchev–Trinajstić information content (AvgIpc) is 3.10. The number of hydrogen-bond donors (Lipinski definition) is 1. The van der Waals surface area contributed by atoms with Crippen molar-refractivity contribution >= 4 is 39.1 Å². The molecule has 0 atom stereocenters. The van der Waals surface area contributed by atoms with Crippen molar-refractivity contribution in [1.29, 1.82) is 0 Å². The van der Waals surface area contributed by atoms with E-state index < -0.39 is 0 Å². The van der Waals surface area contributed by atoms with E-state index >= 15 is 0 Å². The zero-order chi connectivity index (χ0) is 19.0. The van der Waals surface area contributed by atoms with E-state index in [1.54, 1.807) is 24.5 Å². The summed E-state index contributed by atoms with van der Waals surface area (Å²) in [5, 5.41) is 12.1. The molecule has 0 fully saturated rings. The van der Waals surface area contributed by atoms with Crippen molar-refractivity contribution in [2.75, 3.05) is 25.2 Å². The molecule has 3 nitrogen and oxygen atoms in total. The number of aliphatic imine (C=N–C) groups is 1. The Balaban J connectivity index is 1.92. The van der Waals surface area contributed by atoms with Gasteiger partial charge < -0.3 is 9.84 Å². The van der Waals surface area contributed by atoms with Crippen molar-refractivity contribution in [2.24, 2.45) is 10.4 Å². The van der Waals surface area contributed by atoms with Gasteiger partial charge in [0, 0.05) is 40.3 Å². The number of ether oxygens (including phenoxy) is 1. The highest BCUT2D eigenvalue weighted by molar-refractivity contribution is 8.76. The maximum Gasteiger partial charge on any atom is 0.161 e. The van der Waals surface area contributed by atoms with Gasteiger partial charge in [-0.15, -0.1) is 11.3 Å². The molecule has 0 unspecified atom stereocenters. The number of methoxy groups -OCH3 is 1. The molecule has 26 heavy (non-hydrogen) atoms. The van der Waals surface area contributed by atoms with Gasteiger partial charge in [-0.2, -0.15) is 0 Å². The largest absolute Gasteiger partial charge is 0.504 e. The predicted molar refractivity (Wildman–Crippen MR) is 119 cm³/mol. The minimum Gasteiger partial charge on any atom is -0.504 e. The molecule has 0 bridgehead atoms. The second-order valence-corrected chi connectivity index (χ2v) is 10.7. The molecule has 0 saturated heterocycles. The normalized spacial score (nSPS) is 12.0. The highest BCUT2D eigenvalue weighted by Crippen LogP contribution is 2.36. The summed E-state index contributed by atoms with van der Waals surface area (Å²) < 4.78 is 5.25. The van der Waals surface area contributed by atoms with E-state index in [1.165, 1.54) is 12.2 Å². The summed E-state index contributed by atoms with van der Waals surface area (Å²) in [7, 11) is 5.36. The van der Waals surface area contributed by atoms with Gasteiger partial charge in [-0.1, -0.05) is 48.4 Å². The molecule has 1 heterocycles. The standard InChI is InChI=1S/C20H27NO2S3/c1-20(2,3)7-10-25-26-11-8-21-14-15-12-17(22)18(23-4)13-16(15)19-6-5-9-24-19/h5-6,9,12-14,22H,7-8,10-11H2,1-4H3/b21-14+. The molecule has 1 N–H and O–H groups in total. The summed E-state index contributed by atoms with van der Waals surface area (Å²) in [5.74, 6) is 2.78. The molecule has 0 radical (unpaired) electrons. The van der Waals surface area contributed by atoms with E-state index in [2.05, 4.69) is 31.8 Å². The molecular weight excluding hydrogens is 382 g/mol. The fourth-order valence-electron chi connectivity index (χ4n) is 2.22. The van der Waals surface area contributed by atoms with Crippen LogP contribution >= 0.6 is 32.9 Å². The SMILES string of the molecule is COc1cc(-c2cccs2)c(/C=N/CCSSCCC(C)(C)C)cc1O. The first-order valence-electron chi connectivity index (χ1n) is 8.60. The molecule has 0 saturated carbocycles. The quantitative estimate of drug-likeness (QED) is 0.297. The Morgan fingerprint density at radius 1 is 1.23 bits per heavy atom. The maximum absolute atomic E-state index is 10.1. The van der Waals surface area contributed by atoms with Gasteiger partial charge in [0.05, 0.1) is 7.11 Å². The lowest BCUT2D eigenvalue weighted by Crippen LogP contribution is -2.05. The number of phenolic OH excluding ortho intramolecular Hbond substituents is 1. The summed E-state index contributed by atoms with van der Waals surface area (Å²) in [6.45, 7) is 7.60. The number of thiophene rings is 1. The van der Waals surface area contributed by atoms with Crippen LogP contribution in [0.4, 0.5) is 0 Å². The van der Waals surface area contributed by atoms with E-state index in [4.69, 9.17) is 4.74 Å². The number of rotatable bonds is 9. The van der Waals surface area contributed by atoms with Crippen LogP contribution in [0, 0.1) is 5.41 Å². The Morgan fingerprint density at radius 2 is 2.00 bits per heavy atom. The average molecular weight is 410 g/mol. The van der Waals surface area contributed by atoms with Crippen molar-refractivity contribution in [3.05, 3.63) is 35.2 Å². The topological polar surface area (TPSA) is 41.8 Å². The Morgan fingerprint density at radius 3 is 2.65 bits per heavy atom. The fourth-order valence-corrected chi connectivity index (χ4v) is 5.28. The second kappa shape index (κ2) is 10.3. The lowest BCUT2D eigenvalue weighted by atomic mass is 9.94. The summed E-state index contributed by atoms with van der Waals surface area (Å²) in [5.41, 5.74) is 2.35. The van der Waals surface area contributed by atoms with E-state index in [9.17, 15) is 5.11 Å². The molecule has 0 spiro atoms. The third kappa shape index (κ3) is 6.89. The van der Waals surface area contributed by atoms with E-state index in [-0.39, 0.29) is 5.75 Å². The highest BCUT2D eigenvalue weighted by atomic mass is 33.1. The summed E-state index contributed by atoms with van der Waals surface area (Å²) >= 11 is 1.66. The smallest absolute Gasteiger partial charge is 0.161 e. The lowest BCUT2D eigenvalue weighted by molar-refractivity contribution is 0.373. The minimum atomic E-state index is 0.140. The molecule has 0 amide bonds. The Labute approximate surface area is 168 Å². The number of hydrogen-bond acceptors (Lipinski definition) is 6. The Bertz CT molecular complexity index is 707. The van der Waals surface area contributed by atoms with Gasteiger partial charge in [-0.05, 0) is 35.4 Å². The van der Waals surface area contributed by atoms with Gasteiger partial charge in [-0.3, -0.25) is 4.99 Å². The van der Waals surface area contributed by atoms with E-state index in [0.717, 1.165) is 28.3 Å². The van der Waals surface area contributed by atoms with Gasteiger partial charge in [0.1, 0.15) is 0 Å². The highest BCUT2D eigenvalue weighted by Gasteiger charge is 2.11. The lowest BCUT2D eigenvalue weighted by Gasteiger charge is -2.16. The zero-order valence-corrected chi connectivity index (χ0v) is 18.3. The van der Waals surface area contributed by atoms with Crippen LogP contribution in [0.25, 0.3) is 10.4 Å². The Hall–Kier alpha value is -1.11. The van der Waals surface area contributed by atoms with Crippen molar-refractivity contribution in [2.45, 2.75) is 27.2 Å². The third-order valence-corrected chi connectivity index (χ3v) is 6.98. The van der Waals surface area contributed by atoms with Crippen LogP contribution in [-0.2, 0) is 0 Å². The molecule has 0 aliphatic carbocycles. The first-order valence-corrected chi connectivity index (χ1v) is 12.0. The molecule has 1 aromatic heterocycles. The van der Waals surface area contributed by atoms with Crippen molar-refractivity contribution in [3.8, 4) is 21.9 Å². The zero-order valence-electron chi connectivity index (χ0n) is 15.8. The summed E-state index contributed by atoms with van der Waals surface area (Å²) in [6, 6.07) is 7.68. The Kier molecular flexibility index (Phi) is 8.38. The molecule has 142 valence electrons. The van der Waals surface area contributed by atoms with Crippen LogP contribution < -0.4 is 4.74 Å². The monoisotopic (exact) mass is 409 g/mol. The van der Waals surface area contributed by atoms with Crippen LogP contribution in [-0.4, -0.2) is 36.5 Å². The third-order valence-electron chi connectivity index (χ3n) is 3.69. The van der Waals surface area contributed by atoms with Gasteiger partial charge in [0.15, 0.2) is 11.5 Å². The number of phenols is 1. The summed E-state index contributed by atoms with van der Waals surface area (Å²) in [4.78, 5) is 5.68. The van der Waals surface area contributed by atoms with Crippen LogP contribution in [0.1, 0.15) is 32.8 Å². The molecule has 0 aliphatic heterocycles.